The lowest BCUT2D eigenvalue weighted by atomic mass is 9.99. The molecule has 0 aliphatic heterocycles. The molecule has 0 saturated heterocycles. The first kappa shape index (κ1) is 10.1. The first-order valence-corrected chi connectivity index (χ1v) is 6.02. The summed E-state index contributed by atoms with van der Waals surface area (Å²) >= 11 is 1.61. The maximum Gasteiger partial charge on any atom is 0.0795 e. The number of nitrogens with one attached hydrogen (secondary N) is 1. The van der Waals surface area contributed by atoms with Gasteiger partial charge < -0.3 is 10.4 Å². The van der Waals surface area contributed by atoms with Crippen molar-refractivity contribution in [1.82, 2.24) is 10.3 Å². The predicted octanol–water partition coefficient (Wildman–Crippen LogP) is 1.54. The molecule has 0 unspecified atom stereocenters. The molecule has 1 saturated carbocycles. The van der Waals surface area contributed by atoms with E-state index in [1.165, 1.54) is 12.8 Å². The van der Waals surface area contributed by atoms with E-state index in [1.54, 1.807) is 11.3 Å². The van der Waals surface area contributed by atoms with Crippen LogP contribution in [0.1, 0.15) is 31.4 Å². The third-order valence-electron chi connectivity index (χ3n) is 2.99. The zero-order valence-corrected chi connectivity index (χ0v) is 9.02. The first-order valence-electron chi connectivity index (χ1n) is 5.08. The predicted molar refractivity (Wildman–Crippen MR) is 57.2 cm³/mol. The van der Waals surface area contributed by atoms with Gasteiger partial charge in [0.1, 0.15) is 0 Å². The summed E-state index contributed by atoms with van der Waals surface area (Å²) in [6.07, 6.45) is 4.64. The molecule has 1 aliphatic rings. The number of rotatable bonds is 4. The summed E-state index contributed by atoms with van der Waals surface area (Å²) in [6, 6.07) is 0. The summed E-state index contributed by atoms with van der Waals surface area (Å²) in [5.74, 6) is 0. The quantitative estimate of drug-likeness (QED) is 0.795. The summed E-state index contributed by atoms with van der Waals surface area (Å²) in [7, 11) is 0. The number of nitrogens with zero attached hydrogens (tertiary/aromatic N) is 1. The number of aliphatic hydroxyl groups is 1. The van der Waals surface area contributed by atoms with Crippen LogP contribution >= 0.6 is 11.3 Å². The second-order valence-corrected chi connectivity index (χ2v) is 4.70. The second-order valence-electron chi connectivity index (χ2n) is 3.98. The Bertz CT molecular complexity index is 268. The van der Waals surface area contributed by atoms with Crippen LogP contribution in [0.4, 0.5) is 0 Å². The third kappa shape index (κ3) is 2.13. The van der Waals surface area contributed by atoms with E-state index >= 15 is 0 Å². The molecule has 0 aromatic carbocycles. The summed E-state index contributed by atoms with van der Waals surface area (Å²) in [6.45, 7) is 1.03. The molecule has 4 heteroatoms. The van der Waals surface area contributed by atoms with E-state index in [9.17, 15) is 5.11 Å². The second kappa shape index (κ2) is 4.38. The van der Waals surface area contributed by atoms with Gasteiger partial charge in [-0.15, -0.1) is 11.3 Å². The zero-order valence-electron chi connectivity index (χ0n) is 8.20. The van der Waals surface area contributed by atoms with Gasteiger partial charge in [0.15, 0.2) is 0 Å². The van der Waals surface area contributed by atoms with E-state index in [0.717, 1.165) is 25.1 Å². The Balaban J connectivity index is 1.89. The molecule has 2 N–H and O–H groups in total. The van der Waals surface area contributed by atoms with Gasteiger partial charge >= 0.3 is 0 Å². The Morgan fingerprint density at radius 1 is 1.50 bits per heavy atom. The highest BCUT2D eigenvalue weighted by molar-refractivity contribution is 7.07. The van der Waals surface area contributed by atoms with Crippen molar-refractivity contribution in [1.29, 1.82) is 0 Å². The van der Waals surface area contributed by atoms with E-state index in [4.69, 9.17) is 0 Å². The van der Waals surface area contributed by atoms with Crippen LogP contribution < -0.4 is 5.32 Å². The zero-order chi connectivity index (χ0) is 9.86. The Morgan fingerprint density at radius 3 is 2.86 bits per heavy atom. The average molecular weight is 212 g/mol. The molecular formula is C10H16N2OS. The molecule has 0 spiro atoms. The third-order valence-corrected chi connectivity index (χ3v) is 3.63. The van der Waals surface area contributed by atoms with Crippen molar-refractivity contribution in [3.8, 4) is 0 Å². The van der Waals surface area contributed by atoms with Gasteiger partial charge in [0.05, 0.1) is 17.8 Å². The molecular weight excluding hydrogens is 196 g/mol. The van der Waals surface area contributed by atoms with E-state index < -0.39 is 0 Å². The lowest BCUT2D eigenvalue weighted by molar-refractivity contribution is 0.162. The number of thiazole rings is 1. The van der Waals surface area contributed by atoms with Crippen LogP contribution in [0.3, 0.4) is 0 Å². The molecule has 78 valence electrons. The van der Waals surface area contributed by atoms with E-state index in [-0.39, 0.29) is 12.1 Å². The minimum Gasteiger partial charge on any atom is -0.394 e. The summed E-state index contributed by atoms with van der Waals surface area (Å²) in [5.41, 5.74) is 2.90. The fourth-order valence-electron chi connectivity index (χ4n) is 2.05. The van der Waals surface area contributed by atoms with Crippen LogP contribution in [0, 0.1) is 0 Å². The number of hydrogen-bond acceptors (Lipinski definition) is 4. The Labute approximate surface area is 88.2 Å². The van der Waals surface area contributed by atoms with Gasteiger partial charge in [-0.2, -0.15) is 0 Å². The van der Waals surface area contributed by atoms with Crippen LogP contribution in [0.5, 0.6) is 0 Å². The standard InChI is InChI=1S/C10H16N2OS/c13-7-10(3-1-2-4-10)12-5-9-6-14-8-11-9/h6,8,12-13H,1-5,7H2. The number of aliphatic hydroxyl groups excluding tert-OH is 1. The highest BCUT2D eigenvalue weighted by Crippen LogP contribution is 2.29. The van der Waals surface area contributed by atoms with Gasteiger partial charge in [0.2, 0.25) is 0 Å². The maximum absolute atomic E-state index is 9.36. The Hall–Kier alpha value is -0.450. The van der Waals surface area contributed by atoms with Crippen molar-refractivity contribution >= 4 is 11.3 Å². The van der Waals surface area contributed by atoms with Gasteiger partial charge in [-0.3, -0.25) is 0 Å². The molecule has 0 amide bonds. The van der Waals surface area contributed by atoms with Gasteiger partial charge in [0, 0.05) is 17.5 Å². The van der Waals surface area contributed by atoms with Gasteiger partial charge in [-0.25, -0.2) is 4.98 Å². The molecule has 1 heterocycles. The molecule has 0 radical (unpaired) electrons. The molecule has 1 aliphatic carbocycles. The van der Waals surface area contributed by atoms with Crippen molar-refractivity contribution in [3.05, 3.63) is 16.6 Å². The largest absolute Gasteiger partial charge is 0.394 e. The number of aromatic nitrogens is 1. The molecule has 0 atom stereocenters. The lowest BCUT2D eigenvalue weighted by Gasteiger charge is -2.27. The smallest absolute Gasteiger partial charge is 0.0795 e. The van der Waals surface area contributed by atoms with Crippen LogP contribution in [-0.4, -0.2) is 22.2 Å². The highest BCUT2D eigenvalue weighted by atomic mass is 32.1. The molecule has 14 heavy (non-hydrogen) atoms. The molecule has 1 fully saturated rings. The first-order chi connectivity index (χ1) is 6.85. The maximum atomic E-state index is 9.36. The van der Waals surface area contributed by atoms with Crippen molar-refractivity contribution in [3.63, 3.8) is 0 Å². The monoisotopic (exact) mass is 212 g/mol. The Kier molecular flexibility index (Phi) is 3.15. The van der Waals surface area contributed by atoms with E-state index in [2.05, 4.69) is 10.3 Å². The van der Waals surface area contributed by atoms with Crippen molar-refractivity contribution < 1.29 is 5.11 Å². The summed E-state index contributed by atoms with van der Waals surface area (Å²) in [5, 5.41) is 14.9. The molecule has 3 nitrogen and oxygen atoms in total. The van der Waals surface area contributed by atoms with Crippen molar-refractivity contribution in [2.24, 2.45) is 0 Å². The van der Waals surface area contributed by atoms with Gasteiger partial charge in [-0.1, -0.05) is 12.8 Å². The fourth-order valence-corrected chi connectivity index (χ4v) is 2.60. The highest BCUT2D eigenvalue weighted by Gasteiger charge is 2.32. The number of hydrogen-bond donors (Lipinski definition) is 2. The summed E-state index contributed by atoms with van der Waals surface area (Å²) < 4.78 is 0. The molecule has 1 aromatic rings. The fraction of sp³-hybridized carbons (Fsp3) is 0.700. The van der Waals surface area contributed by atoms with Crippen LogP contribution in [0.2, 0.25) is 0 Å². The van der Waals surface area contributed by atoms with Gasteiger partial charge in [0.25, 0.3) is 0 Å². The minimum absolute atomic E-state index is 0.0242. The van der Waals surface area contributed by atoms with E-state index in [1.807, 2.05) is 10.9 Å². The SMILES string of the molecule is OCC1(NCc2cscn2)CCCC1. The van der Waals surface area contributed by atoms with Crippen LogP contribution in [-0.2, 0) is 6.54 Å². The summed E-state index contributed by atoms with van der Waals surface area (Å²) in [4.78, 5) is 4.22. The van der Waals surface area contributed by atoms with E-state index in [0.29, 0.717) is 0 Å². The Morgan fingerprint density at radius 2 is 2.29 bits per heavy atom. The lowest BCUT2D eigenvalue weighted by Crippen LogP contribution is -2.45. The molecule has 0 bridgehead atoms. The minimum atomic E-state index is -0.0242. The van der Waals surface area contributed by atoms with Crippen molar-refractivity contribution in [2.45, 2.75) is 37.8 Å². The molecule has 2 rings (SSSR count). The van der Waals surface area contributed by atoms with Gasteiger partial charge in [-0.05, 0) is 12.8 Å². The van der Waals surface area contributed by atoms with Crippen LogP contribution in [0.15, 0.2) is 10.9 Å². The normalized spacial score (nSPS) is 20.1. The molecule has 1 aromatic heterocycles. The average Bonchev–Trinajstić information content (AvgIpc) is 2.87. The van der Waals surface area contributed by atoms with Crippen LogP contribution in [0.25, 0.3) is 0 Å². The topological polar surface area (TPSA) is 45.1 Å². The van der Waals surface area contributed by atoms with Crippen molar-refractivity contribution in [2.75, 3.05) is 6.61 Å².